The summed E-state index contributed by atoms with van der Waals surface area (Å²) >= 11 is 0. The van der Waals surface area contributed by atoms with Crippen molar-refractivity contribution in [3.63, 3.8) is 0 Å². The second-order valence-corrected chi connectivity index (χ2v) is 5.48. The molecule has 7 nitrogen and oxygen atoms in total. The molecule has 21 heavy (non-hydrogen) atoms. The summed E-state index contributed by atoms with van der Waals surface area (Å²) in [6.07, 6.45) is 8.82. The molecule has 3 heterocycles. The molecule has 0 saturated heterocycles. The predicted octanol–water partition coefficient (Wildman–Crippen LogP) is 1.30. The van der Waals surface area contributed by atoms with Crippen molar-refractivity contribution in [2.24, 2.45) is 0 Å². The van der Waals surface area contributed by atoms with Crippen molar-refractivity contribution >= 4 is 16.9 Å². The van der Waals surface area contributed by atoms with Crippen molar-refractivity contribution in [2.45, 2.75) is 25.0 Å². The van der Waals surface area contributed by atoms with Gasteiger partial charge in [0.2, 0.25) is 0 Å². The standard InChI is InChI=1S/C14H16N6O/c1-20-5-4-9(6-11(20)21)16-14-12-10(7-15-19-12)17-13(18-14)8-2-3-8/h4-8,11,21H,2-3H2,1H3,(H,15,19)(H,16,17,18). The molecular formula is C14H16N6O. The van der Waals surface area contributed by atoms with E-state index in [0.717, 1.165) is 35.4 Å². The zero-order valence-electron chi connectivity index (χ0n) is 11.6. The van der Waals surface area contributed by atoms with E-state index in [-0.39, 0.29) is 0 Å². The fraction of sp³-hybridized carbons (Fsp3) is 0.357. The van der Waals surface area contributed by atoms with Crippen molar-refractivity contribution in [1.29, 1.82) is 0 Å². The summed E-state index contributed by atoms with van der Waals surface area (Å²) in [6, 6.07) is 0. The van der Waals surface area contributed by atoms with E-state index in [2.05, 4.69) is 25.5 Å². The molecule has 1 aliphatic heterocycles. The number of likely N-dealkylation sites (N-methyl/N-ethyl adjacent to an activating group) is 1. The van der Waals surface area contributed by atoms with E-state index in [4.69, 9.17) is 0 Å². The maximum atomic E-state index is 9.86. The average molecular weight is 284 g/mol. The Kier molecular flexibility index (Phi) is 2.68. The van der Waals surface area contributed by atoms with Crippen LogP contribution in [-0.4, -0.2) is 43.4 Å². The Bertz CT molecular complexity index is 745. The number of rotatable bonds is 3. The van der Waals surface area contributed by atoms with Gasteiger partial charge in [-0.25, -0.2) is 9.97 Å². The number of aliphatic hydroxyl groups is 1. The van der Waals surface area contributed by atoms with Crippen LogP contribution in [0.15, 0.2) is 30.2 Å². The predicted molar refractivity (Wildman–Crippen MR) is 78.3 cm³/mol. The summed E-state index contributed by atoms with van der Waals surface area (Å²) in [6.45, 7) is 0. The van der Waals surface area contributed by atoms with Gasteiger partial charge in [-0.05, 0) is 25.0 Å². The zero-order chi connectivity index (χ0) is 14.4. The molecular weight excluding hydrogens is 268 g/mol. The molecule has 108 valence electrons. The molecule has 0 bridgehead atoms. The van der Waals surface area contributed by atoms with Crippen molar-refractivity contribution in [2.75, 3.05) is 12.4 Å². The van der Waals surface area contributed by atoms with Crippen LogP contribution in [0.4, 0.5) is 5.82 Å². The summed E-state index contributed by atoms with van der Waals surface area (Å²) in [5.74, 6) is 2.04. The molecule has 2 aliphatic rings. The molecule has 1 unspecified atom stereocenters. The molecule has 2 aromatic rings. The average Bonchev–Trinajstić information content (AvgIpc) is 3.21. The summed E-state index contributed by atoms with van der Waals surface area (Å²) in [4.78, 5) is 10.9. The third-order valence-electron chi connectivity index (χ3n) is 3.76. The highest BCUT2D eigenvalue weighted by Gasteiger charge is 2.28. The van der Waals surface area contributed by atoms with E-state index < -0.39 is 6.23 Å². The second kappa shape index (κ2) is 4.56. The normalized spacial score (nSPS) is 21.7. The molecule has 0 spiro atoms. The Labute approximate surface area is 121 Å². The van der Waals surface area contributed by atoms with E-state index in [1.165, 1.54) is 0 Å². The van der Waals surface area contributed by atoms with Crippen LogP contribution in [0.3, 0.4) is 0 Å². The molecule has 0 aromatic carbocycles. The van der Waals surface area contributed by atoms with Gasteiger partial charge >= 0.3 is 0 Å². The van der Waals surface area contributed by atoms with E-state index >= 15 is 0 Å². The number of hydrogen-bond donors (Lipinski definition) is 3. The maximum Gasteiger partial charge on any atom is 0.160 e. The maximum absolute atomic E-state index is 9.86. The molecule has 3 N–H and O–H groups in total. The van der Waals surface area contributed by atoms with Crippen LogP contribution in [0.5, 0.6) is 0 Å². The van der Waals surface area contributed by atoms with Gasteiger partial charge in [-0.2, -0.15) is 5.10 Å². The lowest BCUT2D eigenvalue weighted by Gasteiger charge is -2.23. The minimum atomic E-state index is -0.639. The Morgan fingerprint density at radius 1 is 1.38 bits per heavy atom. The lowest BCUT2D eigenvalue weighted by molar-refractivity contribution is 0.0964. The summed E-state index contributed by atoms with van der Waals surface area (Å²) in [7, 11) is 1.82. The van der Waals surface area contributed by atoms with Crippen molar-refractivity contribution in [3.05, 3.63) is 36.1 Å². The first-order valence-corrected chi connectivity index (χ1v) is 6.99. The van der Waals surface area contributed by atoms with E-state index in [1.54, 1.807) is 17.2 Å². The number of hydrogen-bond acceptors (Lipinski definition) is 6. The van der Waals surface area contributed by atoms with Crippen molar-refractivity contribution < 1.29 is 5.11 Å². The zero-order valence-corrected chi connectivity index (χ0v) is 11.6. The number of aromatic amines is 1. The van der Waals surface area contributed by atoms with Gasteiger partial charge in [0.05, 0.1) is 6.20 Å². The Hall–Kier alpha value is -2.41. The SMILES string of the molecule is CN1C=CC(Nc2nc(C3CC3)nc3cn[nH]c23)=CC1O. The van der Waals surface area contributed by atoms with Gasteiger partial charge in [-0.3, -0.25) is 5.10 Å². The molecule has 1 aliphatic carbocycles. The monoisotopic (exact) mass is 284 g/mol. The third kappa shape index (κ3) is 2.25. The molecule has 1 fully saturated rings. The van der Waals surface area contributed by atoms with Gasteiger partial charge in [0.15, 0.2) is 5.82 Å². The largest absolute Gasteiger partial charge is 0.370 e. The molecule has 7 heteroatoms. The van der Waals surface area contributed by atoms with Crippen molar-refractivity contribution in [1.82, 2.24) is 25.1 Å². The molecule has 1 atom stereocenters. The van der Waals surface area contributed by atoms with Gasteiger partial charge in [0.1, 0.15) is 23.1 Å². The van der Waals surface area contributed by atoms with Crippen LogP contribution in [0, 0.1) is 0 Å². The number of aliphatic hydroxyl groups excluding tert-OH is 1. The number of allylic oxidation sites excluding steroid dienone is 1. The van der Waals surface area contributed by atoms with Crippen molar-refractivity contribution in [3.8, 4) is 0 Å². The summed E-state index contributed by atoms with van der Waals surface area (Å²) < 4.78 is 0. The van der Waals surface area contributed by atoms with Crippen LogP contribution in [0.2, 0.25) is 0 Å². The van der Waals surface area contributed by atoms with E-state index in [1.807, 2.05) is 19.3 Å². The number of anilines is 1. The lowest BCUT2D eigenvalue weighted by atomic mass is 10.2. The lowest BCUT2D eigenvalue weighted by Crippen LogP contribution is -2.28. The first kappa shape index (κ1) is 12.3. The number of fused-ring (bicyclic) bond motifs is 1. The minimum Gasteiger partial charge on any atom is -0.370 e. The molecule has 4 rings (SSSR count). The quantitative estimate of drug-likeness (QED) is 0.787. The highest BCUT2D eigenvalue weighted by Crippen LogP contribution is 2.39. The number of aromatic nitrogens is 4. The second-order valence-electron chi connectivity index (χ2n) is 5.48. The first-order valence-electron chi connectivity index (χ1n) is 6.99. The van der Waals surface area contributed by atoms with Crippen LogP contribution >= 0.6 is 0 Å². The van der Waals surface area contributed by atoms with Crippen LogP contribution in [0.1, 0.15) is 24.6 Å². The highest BCUT2D eigenvalue weighted by atomic mass is 16.3. The van der Waals surface area contributed by atoms with Gasteiger partial charge in [-0.1, -0.05) is 0 Å². The fourth-order valence-electron chi connectivity index (χ4n) is 2.31. The molecule has 2 aromatic heterocycles. The number of nitrogens with zero attached hydrogens (tertiary/aromatic N) is 4. The van der Waals surface area contributed by atoms with Crippen LogP contribution in [0.25, 0.3) is 11.0 Å². The first-order chi connectivity index (χ1) is 10.2. The Morgan fingerprint density at radius 3 is 3.00 bits per heavy atom. The third-order valence-corrected chi connectivity index (χ3v) is 3.76. The van der Waals surface area contributed by atoms with Gasteiger partial charge in [0.25, 0.3) is 0 Å². The molecule has 0 radical (unpaired) electrons. The Balaban J connectivity index is 1.71. The van der Waals surface area contributed by atoms with Gasteiger partial charge in [0, 0.05) is 24.9 Å². The number of nitrogens with one attached hydrogen (secondary N) is 2. The minimum absolute atomic E-state index is 0.470. The van der Waals surface area contributed by atoms with Gasteiger partial charge in [-0.15, -0.1) is 0 Å². The summed E-state index contributed by atoms with van der Waals surface area (Å²) in [5.41, 5.74) is 2.39. The van der Waals surface area contributed by atoms with Crippen LogP contribution in [-0.2, 0) is 0 Å². The van der Waals surface area contributed by atoms with E-state index in [9.17, 15) is 5.11 Å². The summed E-state index contributed by atoms with van der Waals surface area (Å²) in [5, 5.41) is 20.1. The molecule has 1 saturated carbocycles. The highest BCUT2D eigenvalue weighted by molar-refractivity contribution is 5.85. The van der Waals surface area contributed by atoms with Gasteiger partial charge < -0.3 is 15.3 Å². The number of H-pyrrole nitrogens is 1. The topological polar surface area (TPSA) is 90.0 Å². The van der Waals surface area contributed by atoms with Crippen LogP contribution < -0.4 is 5.32 Å². The smallest absolute Gasteiger partial charge is 0.160 e. The fourth-order valence-corrected chi connectivity index (χ4v) is 2.31. The molecule has 0 amide bonds. The van der Waals surface area contributed by atoms with E-state index in [0.29, 0.717) is 11.7 Å². The Morgan fingerprint density at radius 2 is 2.24 bits per heavy atom.